The summed E-state index contributed by atoms with van der Waals surface area (Å²) in [4.78, 5) is 45.4. The zero-order valence-corrected chi connectivity index (χ0v) is 18.8. The molecular weight excluding hydrogens is 440 g/mol. The summed E-state index contributed by atoms with van der Waals surface area (Å²) < 4.78 is 6.67. The number of thiazole rings is 1. The van der Waals surface area contributed by atoms with Crippen molar-refractivity contribution >= 4 is 39.8 Å². The van der Waals surface area contributed by atoms with Gasteiger partial charge in [-0.05, 0) is 31.2 Å². The van der Waals surface area contributed by atoms with Crippen LogP contribution in [-0.2, 0) is 33.9 Å². The standard InChI is InChI=1S/C24H22N4O4S/c1-16-6-8-17(9-7-16)26-21(29)12-22-27-18(14-33-22)13-32-23(30)10-11-28-15-25-20-5-3-2-4-19(20)24(28)31/h2-9,14-15H,10-13H2,1H3,(H,26,29). The number of hydrogen-bond acceptors (Lipinski definition) is 7. The van der Waals surface area contributed by atoms with Gasteiger partial charge in [-0.2, -0.15) is 0 Å². The second-order valence-electron chi connectivity index (χ2n) is 7.49. The van der Waals surface area contributed by atoms with E-state index in [9.17, 15) is 14.4 Å². The lowest BCUT2D eigenvalue weighted by atomic mass is 10.2. The first-order valence-corrected chi connectivity index (χ1v) is 11.3. The molecule has 0 aliphatic rings. The van der Waals surface area contributed by atoms with E-state index in [1.54, 1.807) is 23.6 Å². The van der Waals surface area contributed by atoms with Crippen LogP contribution in [0.25, 0.3) is 10.9 Å². The Kier molecular flexibility index (Phi) is 6.89. The Morgan fingerprint density at radius 3 is 2.73 bits per heavy atom. The van der Waals surface area contributed by atoms with Gasteiger partial charge >= 0.3 is 5.97 Å². The molecule has 2 aromatic carbocycles. The van der Waals surface area contributed by atoms with Gasteiger partial charge in [-0.25, -0.2) is 9.97 Å². The Balaban J connectivity index is 1.25. The number of esters is 1. The van der Waals surface area contributed by atoms with E-state index in [4.69, 9.17) is 4.74 Å². The van der Waals surface area contributed by atoms with Crippen molar-refractivity contribution in [3.63, 3.8) is 0 Å². The van der Waals surface area contributed by atoms with Crippen LogP contribution in [0.1, 0.15) is 22.7 Å². The molecule has 0 unspecified atom stereocenters. The zero-order valence-electron chi connectivity index (χ0n) is 18.0. The summed E-state index contributed by atoms with van der Waals surface area (Å²) in [6.07, 6.45) is 1.62. The maximum atomic E-state index is 12.5. The molecule has 1 N–H and O–H groups in total. The summed E-state index contributed by atoms with van der Waals surface area (Å²) >= 11 is 1.34. The van der Waals surface area contributed by atoms with Crippen molar-refractivity contribution in [2.75, 3.05) is 5.32 Å². The number of benzene rings is 2. The van der Waals surface area contributed by atoms with Crippen LogP contribution in [0.4, 0.5) is 5.69 Å². The lowest BCUT2D eigenvalue weighted by Gasteiger charge is -2.06. The predicted octanol–water partition coefficient (Wildman–Crippen LogP) is 3.48. The summed E-state index contributed by atoms with van der Waals surface area (Å²) in [5.41, 5.74) is 2.86. The van der Waals surface area contributed by atoms with Gasteiger partial charge < -0.3 is 10.1 Å². The minimum atomic E-state index is -0.443. The Morgan fingerprint density at radius 2 is 1.91 bits per heavy atom. The Labute approximate surface area is 193 Å². The number of para-hydroxylation sites is 1. The highest BCUT2D eigenvalue weighted by molar-refractivity contribution is 7.09. The Bertz CT molecular complexity index is 1340. The van der Waals surface area contributed by atoms with Crippen LogP contribution >= 0.6 is 11.3 Å². The number of aryl methyl sites for hydroxylation is 2. The van der Waals surface area contributed by atoms with Crippen molar-refractivity contribution in [3.05, 3.63) is 86.9 Å². The number of amides is 1. The first-order valence-electron chi connectivity index (χ1n) is 10.4. The fraction of sp³-hybridized carbons (Fsp3) is 0.208. The van der Waals surface area contributed by atoms with Crippen LogP contribution in [-0.4, -0.2) is 26.4 Å². The van der Waals surface area contributed by atoms with Crippen molar-refractivity contribution in [1.29, 1.82) is 0 Å². The number of anilines is 1. The summed E-state index contributed by atoms with van der Waals surface area (Å²) in [5.74, 6) is -0.604. The number of aromatic nitrogens is 3. The van der Waals surface area contributed by atoms with Gasteiger partial charge in [0.1, 0.15) is 11.6 Å². The lowest BCUT2D eigenvalue weighted by molar-refractivity contribution is -0.145. The molecule has 0 fully saturated rings. The van der Waals surface area contributed by atoms with Gasteiger partial charge in [0.15, 0.2) is 0 Å². The highest BCUT2D eigenvalue weighted by Crippen LogP contribution is 2.14. The molecule has 0 radical (unpaired) electrons. The quantitative estimate of drug-likeness (QED) is 0.402. The van der Waals surface area contributed by atoms with E-state index in [-0.39, 0.29) is 37.5 Å². The van der Waals surface area contributed by atoms with E-state index in [0.29, 0.717) is 21.6 Å². The van der Waals surface area contributed by atoms with Gasteiger partial charge in [-0.3, -0.25) is 19.0 Å². The van der Waals surface area contributed by atoms with Crippen molar-refractivity contribution < 1.29 is 14.3 Å². The second-order valence-corrected chi connectivity index (χ2v) is 8.44. The number of fused-ring (bicyclic) bond motifs is 1. The minimum Gasteiger partial charge on any atom is -0.459 e. The number of carbonyl (C=O) groups excluding carboxylic acids is 2. The molecule has 1 amide bonds. The topological polar surface area (TPSA) is 103 Å². The van der Waals surface area contributed by atoms with Crippen LogP contribution in [0, 0.1) is 6.92 Å². The van der Waals surface area contributed by atoms with Crippen molar-refractivity contribution in [3.8, 4) is 0 Å². The fourth-order valence-corrected chi connectivity index (χ4v) is 3.96. The molecule has 9 heteroatoms. The Morgan fingerprint density at radius 1 is 1.12 bits per heavy atom. The van der Waals surface area contributed by atoms with Gasteiger partial charge in [0.2, 0.25) is 5.91 Å². The summed E-state index contributed by atoms with van der Waals surface area (Å²) in [7, 11) is 0. The molecule has 2 heterocycles. The van der Waals surface area contributed by atoms with Crippen LogP contribution < -0.4 is 10.9 Å². The van der Waals surface area contributed by atoms with Crippen LogP contribution in [0.2, 0.25) is 0 Å². The molecule has 0 saturated heterocycles. The largest absolute Gasteiger partial charge is 0.459 e. The molecule has 8 nitrogen and oxygen atoms in total. The molecule has 4 aromatic rings. The first kappa shape index (κ1) is 22.3. The van der Waals surface area contributed by atoms with Crippen molar-refractivity contribution in [2.24, 2.45) is 0 Å². The molecule has 2 aromatic heterocycles. The highest BCUT2D eigenvalue weighted by Gasteiger charge is 2.11. The van der Waals surface area contributed by atoms with E-state index in [1.807, 2.05) is 37.3 Å². The molecule has 0 saturated carbocycles. The predicted molar refractivity (Wildman–Crippen MR) is 126 cm³/mol. The SMILES string of the molecule is Cc1ccc(NC(=O)Cc2nc(COC(=O)CCn3cnc4ccccc4c3=O)cs2)cc1. The molecule has 33 heavy (non-hydrogen) atoms. The third kappa shape index (κ3) is 5.89. The number of nitrogens with one attached hydrogen (secondary N) is 1. The number of hydrogen-bond donors (Lipinski definition) is 1. The molecule has 0 spiro atoms. The van der Waals surface area contributed by atoms with Crippen LogP contribution in [0.3, 0.4) is 0 Å². The second kappa shape index (κ2) is 10.2. The average Bonchev–Trinajstić information content (AvgIpc) is 3.26. The van der Waals surface area contributed by atoms with Gasteiger partial charge in [0.25, 0.3) is 5.56 Å². The highest BCUT2D eigenvalue weighted by atomic mass is 32.1. The molecule has 0 aliphatic carbocycles. The molecule has 0 bridgehead atoms. The summed E-state index contributed by atoms with van der Waals surface area (Å²) in [6.45, 7) is 2.17. The summed E-state index contributed by atoms with van der Waals surface area (Å²) in [6, 6.07) is 14.6. The monoisotopic (exact) mass is 462 g/mol. The van der Waals surface area contributed by atoms with Crippen LogP contribution in [0.15, 0.2) is 65.0 Å². The Hall–Kier alpha value is -3.85. The van der Waals surface area contributed by atoms with E-state index >= 15 is 0 Å². The van der Waals surface area contributed by atoms with Crippen molar-refractivity contribution in [1.82, 2.24) is 14.5 Å². The van der Waals surface area contributed by atoms with E-state index in [2.05, 4.69) is 15.3 Å². The average molecular weight is 463 g/mol. The van der Waals surface area contributed by atoms with E-state index in [1.165, 1.54) is 22.2 Å². The van der Waals surface area contributed by atoms with E-state index < -0.39 is 5.97 Å². The number of ether oxygens (including phenoxy) is 1. The zero-order chi connectivity index (χ0) is 23.2. The van der Waals surface area contributed by atoms with Gasteiger partial charge in [-0.15, -0.1) is 11.3 Å². The number of carbonyl (C=O) groups is 2. The fourth-order valence-electron chi connectivity index (χ4n) is 3.18. The van der Waals surface area contributed by atoms with E-state index in [0.717, 1.165) is 11.3 Å². The first-order chi connectivity index (χ1) is 16.0. The third-order valence-corrected chi connectivity index (χ3v) is 5.81. The van der Waals surface area contributed by atoms with Gasteiger partial charge in [0, 0.05) is 17.6 Å². The molecule has 4 rings (SSSR count). The smallest absolute Gasteiger partial charge is 0.307 e. The van der Waals surface area contributed by atoms with Crippen LogP contribution in [0.5, 0.6) is 0 Å². The summed E-state index contributed by atoms with van der Waals surface area (Å²) in [5, 5.41) is 5.75. The third-order valence-electron chi connectivity index (χ3n) is 4.92. The molecule has 0 aliphatic heterocycles. The maximum absolute atomic E-state index is 12.5. The van der Waals surface area contributed by atoms with Gasteiger partial charge in [0.05, 0.1) is 35.8 Å². The lowest BCUT2D eigenvalue weighted by Crippen LogP contribution is -2.22. The number of rotatable bonds is 8. The number of nitrogens with zero attached hydrogens (tertiary/aromatic N) is 3. The molecular formula is C24H22N4O4S. The van der Waals surface area contributed by atoms with Crippen molar-refractivity contribution in [2.45, 2.75) is 32.9 Å². The maximum Gasteiger partial charge on any atom is 0.307 e. The van der Waals surface area contributed by atoms with Gasteiger partial charge in [-0.1, -0.05) is 29.8 Å². The minimum absolute atomic E-state index is 0.0137. The normalized spacial score (nSPS) is 10.8. The molecule has 168 valence electrons. The molecule has 0 atom stereocenters.